The second kappa shape index (κ2) is 4.85. The molecule has 3 rings (SSSR count). The van der Waals surface area contributed by atoms with E-state index >= 15 is 0 Å². The molecule has 102 valence electrons. The fourth-order valence-corrected chi connectivity index (χ4v) is 2.87. The Kier molecular flexibility index (Phi) is 3.19. The summed E-state index contributed by atoms with van der Waals surface area (Å²) in [6, 6.07) is 6.39. The number of ether oxygens (including phenoxy) is 1. The Morgan fingerprint density at radius 3 is 3.05 bits per heavy atom. The normalized spacial score (nSPS) is 24.8. The molecule has 0 spiro atoms. The highest BCUT2D eigenvalue weighted by atomic mass is 16.5. The van der Waals surface area contributed by atoms with Crippen LogP contribution in [0.3, 0.4) is 0 Å². The van der Waals surface area contributed by atoms with Gasteiger partial charge in [-0.3, -0.25) is 4.90 Å². The number of rotatable bonds is 2. The van der Waals surface area contributed by atoms with Crippen molar-refractivity contribution in [3.05, 3.63) is 24.0 Å². The molecule has 2 aromatic rings. The van der Waals surface area contributed by atoms with Gasteiger partial charge in [0.05, 0.1) is 24.2 Å². The summed E-state index contributed by atoms with van der Waals surface area (Å²) >= 11 is 0. The Bertz CT molecular complexity index is 578. The summed E-state index contributed by atoms with van der Waals surface area (Å²) < 4.78 is 5.26. The molecule has 4 heteroatoms. The predicted octanol–water partition coefficient (Wildman–Crippen LogP) is 2.97. The summed E-state index contributed by atoms with van der Waals surface area (Å²) in [6.07, 6.45) is 2.45. The van der Waals surface area contributed by atoms with Crippen molar-refractivity contribution in [3.8, 4) is 5.75 Å². The van der Waals surface area contributed by atoms with Gasteiger partial charge in [0.2, 0.25) is 0 Å². The summed E-state index contributed by atoms with van der Waals surface area (Å²) in [5.41, 5.74) is 2.07. The monoisotopic (exact) mass is 259 g/mol. The van der Waals surface area contributed by atoms with Crippen molar-refractivity contribution in [1.29, 1.82) is 0 Å². The molecule has 1 aromatic heterocycles. The van der Waals surface area contributed by atoms with Crippen molar-refractivity contribution >= 4 is 11.0 Å². The molecular weight excluding hydrogens is 238 g/mol. The van der Waals surface area contributed by atoms with E-state index in [4.69, 9.17) is 9.72 Å². The van der Waals surface area contributed by atoms with Gasteiger partial charge in [0, 0.05) is 6.07 Å². The molecule has 0 aliphatic carbocycles. The minimum atomic E-state index is 0.405. The average Bonchev–Trinajstić information content (AvgIpc) is 2.83. The smallest absolute Gasteiger partial charge is 0.124 e. The number of H-pyrrole nitrogens is 1. The van der Waals surface area contributed by atoms with Gasteiger partial charge < -0.3 is 9.72 Å². The Morgan fingerprint density at radius 1 is 1.42 bits per heavy atom. The lowest BCUT2D eigenvalue weighted by atomic mass is 9.92. The molecule has 19 heavy (non-hydrogen) atoms. The molecule has 2 atom stereocenters. The largest absolute Gasteiger partial charge is 0.497 e. The predicted molar refractivity (Wildman–Crippen MR) is 76.4 cm³/mol. The summed E-state index contributed by atoms with van der Waals surface area (Å²) in [7, 11) is 3.87. The highest BCUT2D eigenvalue weighted by Gasteiger charge is 2.27. The maximum atomic E-state index is 5.26. The number of imidazole rings is 1. The van der Waals surface area contributed by atoms with E-state index in [9.17, 15) is 0 Å². The summed E-state index contributed by atoms with van der Waals surface area (Å²) in [5, 5.41) is 0. The summed E-state index contributed by atoms with van der Waals surface area (Å²) in [4.78, 5) is 10.6. The molecule has 1 saturated heterocycles. The number of hydrogen-bond acceptors (Lipinski definition) is 3. The lowest BCUT2D eigenvalue weighted by molar-refractivity contribution is 0.144. The van der Waals surface area contributed by atoms with Crippen molar-refractivity contribution < 1.29 is 4.74 Å². The molecule has 0 bridgehead atoms. The number of piperidine rings is 1. The third kappa shape index (κ3) is 2.32. The van der Waals surface area contributed by atoms with Crippen LogP contribution in [0.15, 0.2) is 18.2 Å². The first-order chi connectivity index (χ1) is 9.17. The minimum absolute atomic E-state index is 0.405. The number of nitrogens with zero attached hydrogens (tertiary/aromatic N) is 2. The van der Waals surface area contributed by atoms with Gasteiger partial charge in [0.25, 0.3) is 0 Å². The molecule has 1 aromatic carbocycles. The van der Waals surface area contributed by atoms with Gasteiger partial charge in [-0.2, -0.15) is 0 Å². The number of aromatic nitrogens is 2. The van der Waals surface area contributed by atoms with Crippen LogP contribution in [0, 0.1) is 5.92 Å². The molecule has 1 fully saturated rings. The van der Waals surface area contributed by atoms with E-state index in [1.54, 1.807) is 7.11 Å². The lowest BCUT2D eigenvalue weighted by Gasteiger charge is -2.34. The number of hydrogen-bond donors (Lipinski definition) is 1. The third-order valence-corrected chi connectivity index (χ3v) is 4.16. The maximum Gasteiger partial charge on any atom is 0.124 e. The van der Waals surface area contributed by atoms with Crippen LogP contribution >= 0.6 is 0 Å². The fourth-order valence-electron chi connectivity index (χ4n) is 2.87. The standard InChI is InChI=1S/C15H21N3O/c1-10-6-7-18(2)14(8-10)15-16-12-5-4-11(19-3)9-13(12)17-15/h4-5,9-10,14H,6-8H2,1-3H3,(H,16,17)/t10?,14-/m1/s1. The van der Waals surface area contributed by atoms with Crippen LogP contribution < -0.4 is 4.74 Å². The van der Waals surface area contributed by atoms with E-state index in [1.165, 1.54) is 12.8 Å². The van der Waals surface area contributed by atoms with Crippen molar-refractivity contribution in [3.63, 3.8) is 0 Å². The summed E-state index contributed by atoms with van der Waals surface area (Å²) in [5.74, 6) is 2.72. The number of methoxy groups -OCH3 is 1. The molecule has 0 saturated carbocycles. The Labute approximate surface area is 113 Å². The van der Waals surface area contributed by atoms with Crippen LogP contribution in [0.1, 0.15) is 31.6 Å². The topological polar surface area (TPSA) is 41.1 Å². The molecule has 1 aliphatic rings. The lowest BCUT2D eigenvalue weighted by Crippen LogP contribution is -2.33. The molecule has 4 nitrogen and oxygen atoms in total. The van der Waals surface area contributed by atoms with Crippen LogP contribution in [0.25, 0.3) is 11.0 Å². The maximum absolute atomic E-state index is 5.26. The van der Waals surface area contributed by atoms with Crippen LogP contribution in [0.5, 0.6) is 5.75 Å². The Balaban J connectivity index is 1.95. The van der Waals surface area contributed by atoms with E-state index < -0.39 is 0 Å². The first kappa shape index (κ1) is 12.5. The second-order valence-corrected chi connectivity index (χ2v) is 5.63. The van der Waals surface area contributed by atoms with Gasteiger partial charge in [-0.25, -0.2) is 4.98 Å². The van der Waals surface area contributed by atoms with E-state index in [-0.39, 0.29) is 0 Å². The van der Waals surface area contributed by atoms with Crippen molar-refractivity contribution in [2.45, 2.75) is 25.8 Å². The van der Waals surface area contributed by atoms with Gasteiger partial charge in [-0.15, -0.1) is 0 Å². The number of nitrogens with one attached hydrogen (secondary N) is 1. The highest BCUT2D eigenvalue weighted by molar-refractivity contribution is 5.76. The zero-order valence-electron chi connectivity index (χ0n) is 11.8. The van der Waals surface area contributed by atoms with Crippen LogP contribution in [0.2, 0.25) is 0 Å². The van der Waals surface area contributed by atoms with Crippen LogP contribution in [0.4, 0.5) is 0 Å². The van der Waals surface area contributed by atoms with Gasteiger partial charge in [0.1, 0.15) is 11.6 Å². The Morgan fingerprint density at radius 2 is 2.26 bits per heavy atom. The number of likely N-dealkylation sites (tertiary alicyclic amines) is 1. The number of aromatic amines is 1. The van der Waals surface area contributed by atoms with E-state index in [0.29, 0.717) is 6.04 Å². The number of fused-ring (bicyclic) bond motifs is 1. The zero-order valence-corrected chi connectivity index (χ0v) is 11.8. The average molecular weight is 259 g/mol. The van der Waals surface area contributed by atoms with Crippen LogP contribution in [-0.4, -0.2) is 35.6 Å². The molecule has 2 heterocycles. The first-order valence-corrected chi connectivity index (χ1v) is 6.91. The minimum Gasteiger partial charge on any atom is -0.497 e. The number of benzene rings is 1. The van der Waals surface area contributed by atoms with Crippen molar-refractivity contribution in [2.24, 2.45) is 5.92 Å². The van der Waals surface area contributed by atoms with Gasteiger partial charge in [-0.1, -0.05) is 6.92 Å². The van der Waals surface area contributed by atoms with Crippen LogP contribution in [-0.2, 0) is 0 Å². The molecule has 1 N–H and O–H groups in total. The second-order valence-electron chi connectivity index (χ2n) is 5.63. The molecular formula is C15H21N3O. The molecule has 0 amide bonds. The van der Waals surface area contributed by atoms with E-state index in [2.05, 4.69) is 23.9 Å². The van der Waals surface area contributed by atoms with E-state index in [1.807, 2.05) is 18.2 Å². The molecule has 1 unspecified atom stereocenters. The third-order valence-electron chi connectivity index (χ3n) is 4.16. The summed E-state index contributed by atoms with van der Waals surface area (Å²) in [6.45, 7) is 3.47. The molecule has 1 aliphatic heterocycles. The molecule has 0 radical (unpaired) electrons. The van der Waals surface area contributed by atoms with E-state index in [0.717, 1.165) is 35.1 Å². The van der Waals surface area contributed by atoms with Gasteiger partial charge in [-0.05, 0) is 44.5 Å². The quantitative estimate of drug-likeness (QED) is 0.901. The highest BCUT2D eigenvalue weighted by Crippen LogP contribution is 2.32. The van der Waals surface area contributed by atoms with Gasteiger partial charge in [0.15, 0.2) is 0 Å². The SMILES string of the molecule is COc1ccc2nc([C@H]3CC(C)CCN3C)[nH]c2c1. The van der Waals surface area contributed by atoms with Gasteiger partial charge >= 0.3 is 0 Å². The van der Waals surface area contributed by atoms with Crippen molar-refractivity contribution in [1.82, 2.24) is 14.9 Å². The Hall–Kier alpha value is -1.55. The zero-order chi connectivity index (χ0) is 13.4. The fraction of sp³-hybridized carbons (Fsp3) is 0.533. The first-order valence-electron chi connectivity index (χ1n) is 6.91. The van der Waals surface area contributed by atoms with Crippen molar-refractivity contribution in [2.75, 3.05) is 20.7 Å².